The van der Waals surface area contributed by atoms with Gasteiger partial charge in [0, 0.05) is 16.0 Å². The molecular weight excluding hydrogens is 272 g/mol. The Morgan fingerprint density at radius 3 is 2.75 bits per heavy atom. The Balaban J connectivity index is 3.36. The second-order valence-electron chi connectivity index (χ2n) is 3.41. The minimum absolute atomic E-state index is 0.0408. The molecule has 4 heteroatoms. The third-order valence-corrected chi connectivity index (χ3v) is 2.81. The van der Waals surface area contributed by atoms with E-state index < -0.39 is 5.97 Å². The van der Waals surface area contributed by atoms with Crippen LogP contribution < -0.4 is 0 Å². The van der Waals surface area contributed by atoms with E-state index in [0.717, 1.165) is 4.47 Å². The Bertz CT molecular complexity index is 427. The van der Waals surface area contributed by atoms with Gasteiger partial charge in [-0.25, -0.2) is 4.79 Å². The molecule has 1 N–H and O–H groups in total. The Morgan fingerprint density at radius 1 is 1.62 bits per heavy atom. The number of esters is 1. The summed E-state index contributed by atoms with van der Waals surface area (Å²) in [7, 11) is 1.28. The lowest BCUT2D eigenvalue weighted by Crippen LogP contribution is -2.04. The smallest absolute Gasteiger partial charge is 0.341 e. The number of carbonyl (C=O) groups excluding carboxylic acids is 1. The number of rotatable bonds is 3. The third-order valence-electron chi connectivity index (χ3n) is 2.35. The van der Waals surface area contributed by atoms with Crippen LogP contribution in [0.3, 0.4) is 0 Å². The van der Waals surface area contributed by atoms with Crippen LogP contribution in [0.4, 0.5) is 0 Å². The summed E-state index contributed by atoms with van der Waals surface area (Å²) in [6.07, 6.45) is 1.70. The highest BCUT2D eigenvalue weighted by Crippen LogP contribution is 2.33. The van der Waals surface area contributed by atoms with Crippen molar-refractivity contribution in [2.24, 2.45) is 0 Å². The van der Waals surface area contributed by atoms with E-state index in [4.69, 9.17) is 0 Å². The van der Waals surface area contributed by atoms with Gasteiger partial charge >= 0.3 is 5.97 Å². The molecular formula is C12H13BrO3. The number of carbonyl (C=O) groups is 1. The van der Waals surface area contributed by atoms with Crippen LogP contribution in [0, 0.1) is 0 Å². The quantitative estimate of drug-likeness (QED) is 0.685. The van der Waals surface area contributed by atoms with E-state index >= 15 is 0 Å². The third kappa shape index (κ3) is 2.44. The molecule has 0 bridgehead atoms. The summed E-state index contributed by atoms with van der Waals surface area (Å²) in [5.41, 5.74) is 0.797. The van der Waals surface area contributed by atoms with Crippen molar-refractivity contribution in [1.82, 2.24) is 0 Å². The number of hydrogen-bond donors (Lipinski definition) is 1. The molecule has 0 heterocycles. The van der Waals surface area contributed by atoms with Crippen molar-refractivity contribution in [3.63, 3.8) is 0 Å². The number of ether oxygens (including phenoxy) is 1. The number of allylic oxidation sites excluding steroid dienone is 1. The molecule has 0 amide bonds. The Hall–Kier alpha value is -1.29. The highest BCUT2D eigenvalue weighted by molar-refractivity contribution is 9.10. The molecule has 1 atom stereocenters. The molecule has 0 radical (unpaired) electrons. The van der Waals surface area contributed by atoms with Gasteiger partial charge in [-0.05, 0) is 12.1 Å². The average Bonchev–Trinajstić information content (AvgIpc) is 2.29. The first-order chi connectivity index (χ1) is 7.51. The standard InChI is InChI=1S/C12H13BrO3/c1-4-7(2)9-5-8(13)6-10(11(9)14)12(15)16-3/h4-7,14H,1H2,2-3H3. The van der Waals surface area contributed by atoms with Gasteiger partial charge < -0.3 is 9.84 Å². The molecule has 1 aromatic rings. The summed E-state index contributed by atoms with van der Waals surface area (Å²) in [5, 5.41) is 9.95. The van der Waals surface area contributed by atoms with Crippen LogP contribution in [0.25, 0.3) is 0 Å². The molecule has 0 spiro atoms. The van der Waals surface area contributed by atoms with Crippen LogP contribution in [0.15, 0.2) is 29.3 Å². The predicted molar refractivity (Wildman–Crippen MR) is 65.8 cm³/mol. The normalized spacial score (nSPS) is 11.9. The zero-order valence-electron chi connectivity index (χ0n) is 9.16. The fourth-order valence-electron chi connectivity index (χ4n) is 1.36. The van der Waals surface area contributed by atoms with Gasteiger partial charge in [-0.1, -0.05) is 28.9 Å². The zero-order chi connectivity index (χ0) is 12.3. The molecule has 0 aliphatic carbocycles. The van der Waals surface area contributed by atoms with Crippen LogP contribution in [-0.4, -0.2) is 18.2 Å². The van der Waals surface area contributed by atoms with Crippen molar-refractivity contribution < 1.29 is 14.6 Å². The maximum atomic E-state index is 11.4. The minimum Gasteiger partial charge on any atom is -0.507 e. The summed E-state index contributed by atoms with van der Waals surface area (Å²) >= 11 is 3.29. The Morgan fingerprint density at radius 2 is 2.25 bits per heavy atom. The van der Waals surface area contributed by atoms with E-state index in [1.54, 1.807) is 12.1 Å². The van der Waals surface area contributed by atoms with E-state index in [-0.39, 0.29) is 17.2 Å². The molecule has 3 nitrogen and oxygen atoms in total. The summed E-state index contributed by atoms with van der Waals surface area (Å²) in [6, 6.07) is 3.29. The van der Waals surface area contributed by atoms with Gasteiger partial charge in [0.25, 0.3) is 0 Å². The lowest BCUT2D eigenvalue weighted by atomic mass is 9.97. The number of methoxy groups -OCH3 is 1. The Kier molecular flexibility index (Phi) is 4.12. The average molecular weight is 285 g/mol. The van der Waals surface area contributed by atoms with Gasteiger partial charge in [0.15, 0.2) is 0 Å². The maximum Gasteiger partial charge on any atom is 0.341 e. The molecule has 1 rings (SSSR count). The number of aromatic hydroxyl groups is 1. The highest BCUT2D eigenvalue weighted by Gasteiger charge is 2.18. The number of benzene rings is 1. The largest absolute Gasteiger partial charge is 0.507 e. The van der Waals surface area contributed by atoms with Crippen LogP contribution >= 0.6 is 15.9 Å². The highest BCUT2D eigenvalue weighted by atomic mass is 79.9. The SMILES string of the molecule is C=CC(C)c1cc(Br)cc(C(=O)OC)c1O. The van der Waals surface area contributed by atoms with Gasteiger partial charge in [0.05, 0.1) is 7.11 Å². The molecule has 0 saturated carbocycles. The molecule has 0 aliphatic heterocycles. The number of hydrogen-bond acceptors (Lipinski definition) is 3. The number of phenolic OH excluding ortho intramolecular Hbond substituents is 1. The van der Waals surface area contributed by atoms with E-state index in [1.807, 2.05) is 6.92 Å². The van der Waals surface area contributed by atoms with E-state index in [9.17, 15) is 9.90 Å². The van der Waals surface area contributed by atoms with Crippen molar-refractivity contribution in [2.75, 3.05) is 7.11 Å². The first kappa shape index (κ1) is 12.8. The van der Waals surface area contributed by atoms with E-state index in [0.29, 0.717) is 5.56 Å². The molecule has 0 saturated heterocycles. The van der Waals surface area contributed by atoms with E-state index in [2.05, 4.69) is 27.2 Å². The van der Waals surface area contributed by atoms with Crippen molar-refractivity contribution in [3.8, 4) is 5.75 Å². The maximum absolute atomic E-state index is 11.4. The van der Waals surface area contributed by atoms with Crippen molar-refractivity contribution in [1.29, 1.82) is 0 Å². The van der Waals surface area contributed by atoms with Gasteiger partial charge in [-0.3, -0.25) is 0 Å². The molecule has 1 aromatic carbocycles. The second-order valence-corrected chi connectivity index (χ2v) is 4.32. The summed E-state index contributed by atoms with van der Waals surface area (Å²) in [4.78, 5) is 11.4. The topological polar surface area (TPSA) is 46.5 Å². The molecule has 0 fully saturated rings. The van der Waals surface area contributed by atoms with Gasteiger partial charge in [0.2, 0.25) is 0 Å². The van der Waals surface area contributed by atoms with Crippen molar-refractivity contribution in [2.45, 2.75) is 12.8 Å². The summed E-state index contributed by atoms with van der Waals surface area (Å²) in [5.74, 6) is -0.653. The van der Waals surface area contributed by atoms with Crippen LogP contribution in [0.1, 0.15) is 28.8 Å². The van der Waals surface area contributed by atoms with Crippen molar-refractivity contribution >= 4 is 21.9 Å². The predicted octanol–water partition coefficient (Wildman–Crippen LogP) is 3.23. The molecule has 0 aliphatic rings. The fraction of sp³-hybridized carbons (Fsp3) is 0.250. The Labute approximate surface area is 103 Å². The van der Waals surface area contributed by atoms with Gasteiger partial charge in [-0.15, -0.1) is 6.58 Å². The minimum atomic E-state index is -0.559. The monoisotopic (exact) mass is 284 g/mol. The van der Waals surface area contributed by atoms with Crippen LogP contribution in [0.2, 0.25) is 0 Å². The van der Waals surface area contributed by atoms with E-state index in [1.165, 1.54) is 13.2 Å². The lowest BCUT2D eigenvalue weighted by Gasteiger charge is -2.12. The fourth-order valence-corrected chi connectivity index (χ4v) is 1.84. The van der Waals surface area contributed by atoms with Crippen LogP contribution in [-0.2, 0) is 4.74 Å². The summed E-state index contributed by atoms with van der Waals surface area (Å²) in [6.45, 7) is 5.54. The van der Waals surface area contributed by atoms with Crippen molar-refractivity contribution in [3.05, 3.63) is 40.4 Å². The van der Waals surface area contributed by atoms with Crippen LogP contribution in [0.5, 0.6) is 5.75 Å². The number of halogens is 1. The molecule has 86 valence electrons. The lowest BCUT2D eigenvalue weighted by molar-refractivity contribution is 0.0597. The number of phenols is 1. The first-order valence-corrected chi connectivity index (χ1v) is 5.53. The van der Waals surface area contributed by atoms with Gasteiger partial charge in [0.1, 0.15) is 11.3 Å². The molecule has 16 heavy (non-hydrogen) atoms. The zero-order valence-corrected chi connectivity index (χ0v) is 10.7. The molecule has 0 aromatic heterocycles. The second kappa shape index (κ2) is 5.16. The molecule has 1 unspecified atom stereocenters. The van der Waals surface area contributed by atoms with Gasteiger partial charge in [-0.2, -0.15) is 0 Å². The first-order valence-electron chi connectivity index (χ1n) is 4.74. The summed E-state index contributed by atoms with van der Waals surface area (Å²) < 4.78 is 5.31.